The van der Waals surface area contributed by atoms with Gasteiger partial charge in [-0.1, -0.05) is 0 Å². The fourth-order valence-corrected chi connectivity index (χ4v) is 4.73. The third kappa shape index (κ3) is 4.75. The van der Waals surface area contributed by atoms with Crippen LogP contribution >= 0.6 is 0 Å². The number of carbonyl (C=O) groups is 2. The van der Waals surface area contributed by atoms with Gasteiger partial charge in [0.15, 0.2) is 5.82 Å². The van der Waals surface area contributed by atoms with Gasteiger partial charge in [-0.3, -0.25) is 14.6 Å². The van der Waals surface area contributed by atoms with E-state index in [4.69, 9.17) is 14.2 Å². The lowest BCUT2D eigenvalue weighted by Crippen LogP contribution is -2.68. The lowest BCUT2D eigenvalue weighted by molar-refractivity contribution is -0.0510. The summed E-state index contributed by atoms with van der Waals surface area (Å²) in [5, 5.41) is 16.7. The van der Waals surface area contributed by atoms with Crippen LogP contribution in [0, 0.1) is 5.92 Å². The molecular weight excluding hydrogens is 454 g/mol. The molecule has 1 saturated heterocycles. The summed E-state index contributed by atoms with van der Waals surface area (Å²) in [4.78, 5) is 24.7. The minimum Gasteiger partial charge on any atom is -0.444 e. The molecule has 0 aromatic carbocycles. The number of alkyl halides is 2. The molecule has 34 heavy (non-hydrogen) atoms. The summed E-state index contributed by atoms with van der Waals surface area (Å²) in [6.45, 7) is -0.547. The van der Waals surface area contributed by atoms with Crippen molar-refractivity contribution in [3.05, 3.63) is 29.2 Å². The highest BCUT2D eigenvalue weighted by molar-refractivity contribution is 6.02. The molecule has 0 spiro atoms. The molecule has 2 aromatic heterocycles. The average Bonchev–Trinajstić information content (AvgIpc) is 3.44. The minimum atomic E-state index is -2.57. The molecule has 2 bridgehead atoms. The smallest absolute Gasteiger partial charge is 0.407 e. The average molecular weight is 480 g/mol. The molecule has 3 saturated carbocycles. The first-order chi connectivity index (χ1) is 16.3. The quantitative estimate of drug-likeness (QED) is 0.502. The molecule has 0 unspecified atom stereocenters. The van der Waals surface area contributed by atoms with Gasteiger partial charge in [0.25, 0.3) is 12.3 Å². The Morgan fingerprint density at radius 2 is 2.15 bits per heavy atom. The largest absolute Gasteiger partial charge is 0.444 e. The number of halogens is 2. The summed E-state index contributed by atoms with van der Waals surface area (Å²) in [5.74, 6) is 0.583. The Bertz CT molecular complexity index is 1050. The highest BCUT2D eigenvalue weighted by Crippen LogP contribution is 2.56. The van der Waals surface area contributed by atoms with E-state index >= 15 is 0 Å². The van der Waals surface area contributed by atoms with E-state index in [1.165, 1.54) is 10.7 Å². The number of nitrogens with one attached hydrogen (secondary N) is 3. The Morgan fingerprint density at radius 1 is 1.35 bits per heavy atom. The fraction of sp³-hybridized carbons (Fsp3) is 0.619. The van der Waals surface area contributed by atoms with Crippen LogP contribution in [0.1, 0.15) is 53.7 Å². The highest BCUT2D eigenvalue weighted by Gasteiger charge is 2.57. The van der Waals surface area contributed by atoms with Crippen molar-refractivity contribution in [3.8, 4) is 0 Å². The molecule has 1 aliphatic heterocycles. The van der Waals surface area contributed by atoms with Crippen molar-refractivity contribution < 1.29 is 32.6 Å². The van der Waals surface area contributed by atoms with Gasteiger partial charge in [-0.05, 0) is 31.2 Å². The number of aromatic amines is 1. The topological polar surface area (TPSA) is 132 Å². The predicted molar refractivity (Wildman–Crippen MR) is 112 cm³/mol. The van der Waals surface area contributed by atoms with E-state index in [0.29, 0.717) is 17.8 Å². The van der Waals surface area contributed by atoms with Crippen LogP contribution in [-0.4, -0.2) is 63.3 Å². The number of alkyl carbamates (subject to hydrolysis) is 1. The lowest BCUT2D eigenvalue weighted by atomic mass is 9.50. The molecule has 11 nitrogen and oxygen atoms in total. The number of aryl methyl sites for hydroxylation is 1. The molecule has 0 radical (unpaired) electrons. The van der Waals surface area contributed by atoms with Gasteiger partial charge in [-0.25, -0.2) is 13.6 Å². The van der Waals surface area contributed by atoms with Gasteiger partial charge in [-0.15, -0.1) is 0 Å². The molecule has 3 aliphatic carbocycles. The van der Waals surface area contributed by atoms with Crippen molar-refractivity contribution in [1.82, 2.24) is 25.3 Å². The Labute approximate surface area is 193 Å². The van der Waals surface area contributed by atoms with Crippen LogP contribution in [0.25, 0.3) is 0 Å². The molecule has 4 aliphatic rings. The number of ether oxygens (including phenoxy) is 3. The summed E-state index contributed by atoms with van der Waals surface area (Å²) in [6, 6.07) is 3.12. The number of hydrogen-bond acceptors (Lipinski definition) is 7. The number of carbonyl (C=O) groups excluding carboxylic acids is 2. The molecule has 13 heteroatoms. The Morgan fingerprint density at radius 3 is 2.85 bits per heavy atom. The van der Waals surface area contributed by atoms with Crippen molar-refractivity contribution in [2.45, 2.75) is 56.5 Å². The van der Waals surface area contributed by atoms with Crippen molar-refractivity contribution in [3.63, 3.8) is 0 Å². The van der Waals surface area contributed by atoms with Crippen molar-refractivity contribution in [1.29, 1.82) is 0 Å². The van der Waals surface area contributed by atoms with E-state index < -0.39 is 25.0 Å². The van der Waals surface area contributed by atoms with Gasteiger partial charge in [0.05, 0.1) is 24.6 Å². The molecule has 3 N–H and O–H groups in total. The molecule has 2 atom stereocenters. The third-order valence-electron chi connectivity index (χ3n) is 6.48. The van der Waals surface area contributed by atoms with Crippen LogP contribution in [-0.2, 0) is 27.9 Å². The van der Waals surface area contributed by atoms with Gasteiger partial charge in [0, 0.05) is 25.1 Å². The number of anilines is 1. The number of hydrogen-bond donors (Lipinski definition) is 3. The summed E-state index contributed by atoms with van der Waals surface area (Å²) >= 11 is 0. The third-order valence-corrected chi connectivity index (χ3v) is 6.48. The highest BCUT2D eigenvalue weighted by atomic mass is 19.3. The van der Waals surface area contributed by atoms with E-state index in [1.807, 2.05) is 0 Å². The molecule has 6 rings (SSSR count). The Kier molecular flexibility index (Phi) is 5.98. The van der Waals surface area contributed by atoms with Crippen molar-refractivity contribution in [2.75, 3.05) is 18.5 Å². The standard InChI is InChI=1S/C21H26F2N6O5/c1-29-15(2-12(28-29)8-32-10-17(22)23)19(30)24-18-4-14(26-27-18)16-3-13(9-33-16)34-20(31)25-21-5-11(6-21)7-21/h2,4,11,13,16-17H,3,5-10H2,1H3,(H,25,31)(H2,24,26,27,30)/t11?,13-,16-,21?/m0/s1. The molecule has 4 fully saturated rings. The maximum absolute atomic E-state index is 12.6. The van der Waals surface area contributed by atoms with E-state index in [-0.39, 0.29) is 42.5 Å². The maximum Gasteiger partial charge on any atom is 0.407 e. The zero-order chi connectivity index (χ0) is 23.9. The zero-order valence-electron chi connectivity index (χ0n) is 18.6. The van der Waals surface area contributed by atoms with Crippen molar-refractivity contribution >= 4 is 17.8 Å². The van der Waals surface area contributed by atoms with Crippen LogP contribution in [0.3, 0.4) is 0 Å². The Balaban J connectivity index is 1.11. The molecular formula is C21H26F2N6O5. The first kappa shape index (κ1) is 22.7. The Hall–Kier alpha value is -3.06. The second kappa shape index (κ2) is 8.95. The SMILES string of the molecule is Cn1nc(COCC(F)F)cc1C(=O)Nc1cc([C@@H]2C[C@H](OC(=O)NC34CC(C3)C4)CO2)[nH]n1. The minimum absolute atomic E-state index is 0.0371. The normalized spacial score (nSPS) is 27.2. The van der Waals surface area contributed by atoms with Crippen LogP contribution in [0.5, 0.6) is 0 Å². The first-order valence-electron chi connectivity index (χ1n) is 11.1. The lowest BCUT2D eigenvalue weighted by Gasteiger charge is -2.61. The van der Waals surface area contributed by atoms with Crippen LogP contribution in [0.15, 0.2) is 12.1 Å². The summed E-state index contributed by atoms with van der Waals surface area (Å²) in [7, 11) is 1.57. The monoisotopic (exact) mass is 480 g/mol. The second-order valence-corrected chi connectivity index (χ2v) is 9.18. The first-order valence-corrected chi connectivity index (χ1v) is 11.1. The molecule has 2 aromatic rings. The number of amides is 2. The van der Waals surface area contributed by atoms with E-state index in [0.717, 1.165) is 25.2 Å². The number of rotatable bonds is 9. The predicted octanol–water partition coefficient (Wildman–Crippen LogP) is 2.29. The van der Waals surface area contributed by atoms with Crippen LogP contribution in [0.2, 0.25) is 0 Å². The van der Waals surface area contributed by atoms with Gasteiger partial charge in [0.2, 0.25) is 0 Å². The van der Waals surface area contributed by atoms with E-state index in [9.17, 15) is 18.4 Å². The summed E-state index contributed by atoms with van der Waals surface area (Å²) < 4.78 is 41.8. The van der Waals surface area contributed by atoms with Gasteiger partial charge >= 0.3 is 6.09 Å². The van der Waals surface area contributed by atoms with Gasteiger partial charge < -0.3 is 24.8 Å². The number of nitrogens with zero attached hydrogens (tertiary/aromatic N) is 3. The van der Waals surface area contributed by atoms with Gasteiger partial charge in [-0.2, -0.15) is 10.2 Å². The van der Waals surface area contributed by atoms with E-state index in [1.54, 1.807) is 13.1 Å². The van der Waals surface area contributed by atoms with Gasteiger partial charge in [0.1, 0.15) is 24.5 Å². The number of aromatic nitrogens is 4. The number of H-pyrrole nitrogens is 1. The summed E-state index contributed by atoms with van der Waals surface area (Å²) in [5.41, 5.74) is 1.19. The zero-order valence-corrected chi connectivity index (χ0v) is 18.6. The molecule has 184 valence electrons. The van der Waals surface area contributed by atoms with E-state index in [2.05, 4.69) is 25.9 Å². The van der Waals surface area contributed by atoms with Crippen LogP contribution in [0.4, 0.5) is 19.4 Å². The maximum atomic E-state index is 12.6. The fourth-order valence-electron chi connectivity index (χ4n) is 4.73. The van der Waals surface area contributed by atoms with Crippen molar-refractivity contribution in [2.24, 2.45) is 13.0 Å². The second-order valence-electron chi connectivity index (χ2n) is 9.18. The van der Waals surface area contributed by atoms with Crippen LogP contribution < -0.4 is 10.6 Å². The molecule has 2 amide bonds. The summed E-state index contributed by atoms with van der Waals surface area (Å²) in [6.07, 6.45) is -0.0768. The molecule has 3 heterocycles.